The van der Waals surface area contributed by atoms with Crippen molar-refractivity contribution in [2.75, 3.05) is 19.6 Å². The van der Waals surface area contributed by atoms with Gasteiger partial charge in [-0.05, 0) is 38.9 Å². The summed E-state index contributed by atoms with van der Waals surface area (Å²) in [4.78, 5) is 2.79. The fourth-order valence-electron chi connectivity index (χ4n) is 4.54. The standard InChI is InChI=1S/C24H51N.C8H18/c1-4-7-10-13-16-19-22-25(23-20-17-14-11-8-5-2)24-21-18-15-12-9-6-3;1-3-5-7-8-6-4-2/h4-24H2,1-3H3;3-8H2,1-2H3. The third kappa shape index (κ3) is 34.2. The van der Waals surface area contributed by atoms with Gasteiger partial charge in [-0.2, -0.15) is 0 Å². The molecule has 0 aromatic carbocycles. The lowest BCUT2D eigenvalue weighted by molar-refractivity contribution is 0.254. The molecular formula is C32H69N. The summed E-state index contributed by atoms with van der Waals surface area (Å²) in [6, 6.07) is 0. The van der Waals surface area contributed by atoms with E-state index in [9.17, 15) is 0 Å². The average Bonchev–Trinajstić information content (AvgIpc) is 2.83. The van der Waals surface area contributed by atoms with Crippen LogP contribution in [-0.4, -0.2) is 24.5 Å². The smallest absolute Gasteiger partial charge is 0.00187 e. The highest BCUT2D eigenvalue weighted by Gasteiger charge is 2.05. The molecule has 0 aliphatic carbocycles. The Labute approximate surface area is 213 Å². The molecule has 0 bridgehead atoms. The predicted molar refractivity (Wildman–Crippen MR) is 156 cm³/mol. The highest BCUT2D eigenvalue weighted by Crippen LogP contribution is 2.11. The maximum Gasteiger partial charge on any atom is -0.00187 e. The lowest BCUT2D eigenvalue weighted by atomic mass is 10.1. The first-order valence-corrected chi connectivity index (χ1v) is 16.0. The highest BCUT2D eigenvalue weighted by molar-refractivity contribution is 4.60. The second-order valence-corrected chi connectivity index (χ2v) is 10.6. The Hall–Kier alpha value is -0.0400. The van der Waals surface area contributed by atoms with E-state index in [1.165, 1.54) is 174 Å². The molecule has 0 spiro atoms. The van der Waals surface area contributed by atoms with Crippen LogP contribution in [0.4, 0.5) is 0 Å². The van der Waals surface area contributed by atoms with Gasteiger partial charge in [-0.15, -0.1) is 0 Å². The van der Waals surface area contributed by atoms with Crippen LogP contribution in [0.2, 0.25) is 0 Å². The molecule has 202 valence electrons. The summed E-state index contributed by atoms with van der Waals surface area (Å²) in [6.07, 6.45) is 34.2. The van der Waals surface area contributed by atoms with E-state index in [4.69, 9.17) is 0 Å². The third-order valence-corrected chi connectivity index (χ3v) is 6.94. The number of hydrogen-bond acceptors (Lipinski definition) is 1. The van der Waals surface area contributed by atoms with Crippen molar-refractivity contribution >= 4 is 0 Å². The van der Waals surface area contributed by atoms with E-state index < -0.39 is 0 Å². The molecule has 0 heterocycles. The Morgan fingerprint density at radius 3 is 0.636 bits per heavy atom. The number of hydrogen-bond donors (Lipinski definition) is 0. The lowest BCUT2D eigenvalue weighted by Gasteiger charge is -2.22. The molecule has 0 atom stereocenters. The summed E-state index contributed by atoms with van der Waals surface area (Å²) in [6.45, 7) is 15.5. The maximum absolute atomic E-state index is 2.79. The molecular weight excluding hydrogens is 398 g/mol. The number of nitrogens with zero attached hydrogens (tertiary/aromatic N) is 1. The van der Waals surface area contributed by atoms with Gasteiger partial charge in [0.1, 0.15) is 0 Å². The van der Waals surface area contributed by atoms with E-state index in [0.717, 1.165) is 0 Å². The van der Waals surface area contributed by atoms with Gasteiger partial charge >= 0.3 is 0 Å². The van der Waals surface area contributed by atoms with Gasteiger partial charge < -0.3 is 4.90 Å². The van der Waals surface area contributed by atoms with Crippen LogP contribution in [0.3, 0.4) is 0 Å². The van der Waals surface area contributed by atoms with E-state index in [-0.39, 0.29) is 0 Å². The zero-order valence-electron chi connectivity index (χ0n) is 24.5. The molecule has 0 N–H and O–H groups in total. The first-order valence-electron chi connectivity index (χ1n) is 16.0. The summed E-state index contributed by atoms with van der Waals surface area (Å²) in [5.41, 5.74) is 0. The Morgan fingerprint density at radius 2 is 0.424 bits per heavy atom. The molecule has 0 rings (SSSR count). The molecule has 0 unspecified atom stereocenters. The second kappa shape index (κ2) is 34.1. The van der Waals surface area contributed by atoms with E-state index in [1.54, 1.807) is 0 Å². The van der Waals surface area contributed by atoms with Crippen LogP contribution in [0.1, 0.15) is 189 Å². The van der Waals surface area contributed by atoms with Crippen LogP contribution in [0.5, 0.6) is 0 Å². The molecule has 33 heavy (non-hydrogen) atoms. The van der Waals surface area contributed by atoms with Crippen molar-refractivity contribution in [3.8, 4) is 0 Å². The maximum atomic E-state index is 2.79. The van der Waals surface area contributed by atoms with Crippen molar-refractivity contribution in [2.45, 2.75) is 189 Å². The number of unbranched alkanes of at least 4 members (excludes halogenated alkanes) is 20. The van der Waals surface area contributed by atoms with Crippen molar-refractivity contribution in [1.29, 1.82) is 0 Å². The minimum atomic E-state index is 1.36. The Morgan fingerprint density at radius 1 is 0.242 bits per heavy atom. The van der Waals surface area contributed by atoms with Crippen LogP contribution in [0, 0.1) is 0 Å². The summed E-state index contributed by atoms with van der Waals surface area (Å²) < 4.78 is 0. The van der Waals surface area contributed by atoms with E-state index in [2.05, 4.69) is 39.5 Å². The largest absolute Gasteiger partial charge is 0.303 e. The van der Waals surface area contributed by atoms with Crippen molar-refractivity contribution in [1.82, 2.24) is 4.90 Å². The van der Waals surface area contributed by atoms with Crippen molar-refractivity contribution in [3.05, 3.63) is 0 Å². The van der Waals surface area contributed by atoms with Gasteiger partial charge in [-0.1, -0.05) is 169 Å². The third-order valence-electron chi connectivity index (χ3n) is 6.94. The molecule has 0 aromatic rings. The van der Waals surface area contributed by atoms with Gasteiger partial charge in [0.05, 0.1) is 0 Å². The van der Waals surface area contributed by atoms with E-state index >= 15 is 0 Å². The molecule has 0 saturated carbocycles. The molecule has 0 amide bonds. The first kappa shape index (κ1) is 35.1. The molecule has 0 aromatic heterocycles. The second-order valence-electron chi connectivity index (χ2n) is 10.6. The van der Waals surface area contributed by atoms with Gasteiger partial charge in [-0.25, -0.2) is 0 Å². The lowest BCUT2D eigenvalue weighted by Crippen LogP contribution is -2.27. The molecule has 0 aliphatic rings. The summed E-state index contributed by atoms with van der Waals surface area (Å²) in [7, 11) is 0. The minimum absolute atomic E-state index is 1.36. The first-order chi connectivity index (χ1) is 16.3. The van der Waals surface area contributed by atoms with Gasteiger partial charge in [0.2, 0.25) is 0 Å². The van der Waals surface area contributed by atoms with E-state index in [0.29, 0.717) is 0 Å². The fraction of sp³-hybridized carbons (Fsp3) is 1.00. The molecule has 1 heteroatoms. The topological polar surface area (TPSA) is 3.24 Å². The van der Waals surface area contributed by atoms with Crippen molar-refractivity contribution < 1.29 is 0 Å². The van der Waals surface area contributed by atoms with Gasteiger partial charge in [0.25, 0.3) is 0 Å². The Bertz CT molecular complexity index is 257. The molecule has 0 aliphatic heterocycles. The van der Waals surface area contributed by atoms with Crippen molar-refractivity contribution in [3.63, 3.8) is 0 Å². The van der Waals surface area contributed by atoms with Gasteiger partial charge in [0.15, 0.2) is 0 Å². The summed E-state index contributed by atoms with van der Waals surface area (Å²) >= 11 is 0. The van der Waals surface area contributed by atoms with Gasteiger partial charge in [-0.3, -0.25) is 0 Å². The van der Waals surface area contributed by atoms with Crippen LogP contribution >= 0.6 is 0 Å². The normalized spacial score (nSPS) is 11.1. The quantitative estimate of drug-likeness (QED) is 0.114. The van der Waals surface area contributed by atoms with Gasteiger partial charge in [0, 0.05) is 0 Å². The fourth-order valence-corrected chi connectivity index (χ4v) is 4.54. The summed E-state index contributed by atoms with van der Waals surface area (Å²) in [5, 5.41) is 0. The van der Waals surface area contributed by atoms with Crippen LogP contribution in [0.25, 0.3) is 0 Å². The van der Waals surface area contributed by atoms with Crippen LogP contribution in [-0.2, 0) is 0 Å². The summed E-state index contributed by atoms with van der Waals surface area (Å²) in [5.74, 6) is 0. The molecule has 1 nitrogen and oxygen atoms in total. The van der Waals surface area contributed by atoms with Crippen molar-refractivity contribution in [2.24, 2.45) is 0 Å². The molecule has 0 radical (unpaired) electrons. The monoisotopic (exact) mass is 468 g/mol. The minimum Gasteiger partial charge on any atom is -0.303 e. The SMILES string of the molecule is CCCCCCCC.CCCCCCCCN(CCCCCCCC)CCCCCCCC. The van der Waals surface area contributed by atoms with Crippen LogP contribution in [0.15, 0.2) is 0 Å². The highest BCUT2D eigenvalue weighted by atomic mass is 15.1. The molecule has 0 fully saturated rings. The number of rotatable bonds is 26. The zero-order valence-corrected chi connectivity index (χ0v) is 24.5. The Kier molecular flexibility index (Phi) is 36.3. The van der Waals surface area contributed by atoms with E-state index in [1.807, 2.05) is 0 Å². The van der Waals surface area contributed by atoms with Crippen LogP contribution < -0.4 is 0 Å². The average molecular weight is 468 g/mol. The Balaban J connectivity index is 0. The molecule has 0 saturated heterocycles. The zero-order chi connectivity index (χ0) is 24.7. The predicted octanol–water partition coefficient (Wildman–Crippen LogP) is 11.7.